The van der Waals surface area contributed by atoms with Crippen molar-refractivity contribution in [3.63, 3.8) is 0 Å². The van der Waals surface area contributed by atoms with Crippen LogP contribution in [0.5, 0.6) is 0 Å². The summed E-state index contributed by atoms with van der Waals surface area (Å²) in [6.45, 7) is 3.62. The number of likely N-dealkylation sites (N-methyl/N-ethyl adjacent to an activating group) is 1. The van der Waals surface area contributed by atoms with Crippen LogP contribution in [0.2, 0.25) is 0 Å². The molecule has 0 bridgehead atoms. The van der Waals surface area contributed by atoms with E-state index in [-0.39, 0.29) is 36.4 Å². The van der Waals surface area contributed by atoms with Gasteiger partial charge < -0.3 is 20.6 Å². The van der Waals surface area contributed by atoms with Gasteiger partial charge in [-0.05, 0) is 39.2 Å². The Labute approximate surface area is 160 Å². The van der Waals surface area contributed by atoms with Crippen LogP contribution in [0.3, 0.4) is 0 Å². The highest BCUT2D eigenvalue weighted by Crippen LogP contribution is 2.25. The number of hydrogen-bond donors (Lipinski definition) is 4. The number of nitrogens with zero attached hydrogens (tertiary/aromatic N) is 2. The van der Waals surface area contributed by atoms with E-state index in [9.17, 15) is 14.7 Å². The van der Waals surface area contributed by atoms with Gasteiger partial charge in [-0.15, -0.1) is 0 Å². The first kappa shape index (κ1) is 19.8. The number of carbonyl (C=O) groups is 2. The van der Waals surface area contributed by atoms with Crippen molar-refractivity contribution < 1.29 is 14.7 Å². The predicted molar refractivity (Wildman–Crippen MR) is 101 cm³/mol. The van der Waals surface area contributed by atoms with Crippen LogP contribution in [0.4, 0.5) is 0 Å². The van der Waals surface area contributed by atoms with E-state index in [1.807, 2.05) is 14.0 Å². The SMILES string of the molecule is CC[C@@H](CO)NC(=O)C1CCC(NC(=O)c2n[nH]c3c2CN(C)CC3)CC1. The molecule has 4 N–H and O–H groups in total. The summed E-state index contributed by atoms with van der Waals surface area (Å²) in [6.07, 6.45) is 4.67. The van der Waals surface area contributed by atoms with Gasteiger partial charge in [0, 0.05) is 42.7 Å². The number of H-pyrrole nitrogens is 1. The summed E-state index contributed by atoms with van der Waals surface area (Å²) in [7, 11) is 2.05. The Bertz CT molecular complexity index is 662. The zero-order valence-electron chi connectivity index (χ0n) is 16.3. The molecule has 1 fully saturated rings. The molecule has 8 nitrogen and oxygen atoms in total. The molecule has 1 aromatic heterocycles. The van der Waals surface area contributed by atoms with Crippen molar-refractivity contribution in [2.45, 2.75) is 64.1 Å². The average Bonchev–Trinajstić information content (AvgIpc) is 3.09. The second-order valence-electron chi connectivity index (χ2n) is 7.84. The van der Waals surface area contributed by atoms with Crippen molar-refractivity contribution in [1.82, 2.24) is 25.7 Å². The van der Waals surface area contributed by atoms with Crippen LogP contribution in [0.15, 0.2) is 0 Å². The number of nitrogens with one attached hydrogen (secondary N) is 3. The molecule has 2 amide bonds. The summed E-state index contributed by atoms with van der Waals surface area (Å²) >= 11 is 0. The number of hydrogen-bond acceptors (Lipinski definition) is 5. The fourth-order valence-corrected chi connectivity index (χ4v) is 3.97. The number of amides is 2. The Morgan fingerprint density at radius 3 is 2.74 bits per heavy atom. The normalized spacial score (nSPS) is 24.1. The van der Waals surface area contributed by atoms with E-state index in [0.717, 1.165) is 62.9 Å². The summed E-state index contributed by atoms with van der Waals surface area (Å²) in [5, 5.41) is 22.5. The summed E-state index contributed by atoms with van der Waals surface area (Å²) in [6, 6.07) is -0.0890. The average molecular weight is 377 g/mol. The zero-order valence-corrected chi connectivity index (χ0v) is 16.3. The predicted octanol–water partition coefficient (Wildman–Crippen LogP) is 0.573. The molecular weight excluding hydrogens is 346 g/mol. The minimum atomic E-state index is -0.168. The molecule has 0 radical (unpaired) electrons. The lowest BCUT2D eigenvalue weighted by Gasteiger charge is -2.29. The number of carbonyl (C=O) groups excluding carboxylic acids is 2. The second-order valence-corrected chi connectivity index (χ2v) is 7.84. The maximum atomic E-state index is 12.7. The number of aliphatic hydroxyl groups is 1. The van der Waals surface area contributed by atoms with E-state index in [4.69, 9.17) is 0 Å². The molecule has 0 aromatic carbocycles. The molecule has 27 heavy (non-hydrogen) atoms. The first-order chi connectivity index (χ1) is 13.0. The molecule has 1 atom stereocenters. The van der Waals surface area contributed by atoms with Crippen molar-refractivity contribution in [3.8, 4) is 0 Å². The fraction of sp³-hybridized carbons (Fsp3) is 0.737. The largest absolute Gasteiger partial charge is 0.394 e. The van der Waals surface area contributed by atoms with Gasteiger partial charge in [-0.2, -0.15) is 5.10 Å². The Kier molecular flexibility index (Phi) is 6.49. The molecule has 2 aliphatic rings. The smallest absolute Gasteiger partial charge is 0.272 e. The van der Waals surface area contributed by atoms with Gasteiger partial charge in [0.25, 0.3) is 5.91 Å². The van der Waals surface area contributed by atoms with Crippen LogP contribution in [0, 0.1) is 5.92 Å². The van der Waals surface area contributed by atoms with Gasteiger partial charge in [0.1, 0.15) is 0 Å². The summed E-state index contributed by atoms with van der Waals surface area (Å²) < 4.78 is 0. The van der Waals surface area contributed by atoms with Crippen molar-refractivity contribution in [3.05, 3.63) is 17.0 Å². The molecule has 1 aromatic rings. The highest BCUT2D eigenvalue weighted by atomic mass is 16.3. The Morgan fingerprint density at radius 2 is 2.07 bits per heavy atom. The van der Waals surface area contributed by atoms with Crippen molar-refractivity contribution in [2.75, 3.05) is 20.2 Å². The zero-order chi connectivity index (χ0) is 19.4. The number of rotatable bonds is 6. The van der Waals surface area contributed by atoms with Gasteiger partial charge >= 0.3 is 0 Å². The Hall–Kier alpha value is -1.93. The van der Waals surface area contributed by atoms with Gasteiger partial charge in [0.2, 0.25) is 5.91 Å². The summed E-state index contributed by atoms with van der Waals surface area (Å²) in [5.74, 6) is -0.141. The van der Waals surface area contributed by atoms with Gasteiger partial charge in [-0.25, -0.2) is 0 Å². The molecule has 1 aliphatic carbocycles. The van der Waals surface area contributed by atoms with Gasteiger partial charge in [-0.3, -0.25) is 14.7 Å². The van der Waals surface area contributed by atoms with E-state index >= 15 is 0 Å². The van der Waals surface area contributed by atoms with Gasteiger partial charge in [0.15, 0.2) is 5.69 Å². The maximum absolute atomic E-state index is 12.7. The third-order valence-corrected chi connectivity index (χ3v) is 5.83. The molecule has 1 saturated carbocycles. The topological polar surface area (TPSA) is 110 Å². The minimum Gasteiger partial charge on any atom is -0.394 e. The Balaban J connectivity index is 1.50. The van der Waals surface area contributed by atoms with E-state index in [1.54, 1.807) is 0 Å². The van der Waals surface area contributed by atoms with E-state index in [2.05, 4.69) is 25.7 Å². The van der Waals surface area contributed by atoms with Gasteiger partial charge in [-0.1, -0.05) is 6.92 Å². The molecule has 0 unspecified atom stereocenters. The highest BCUT2D eigenvalue weighted by molar-refractivity contribution is 5.94. The lowest BCUT2D eigenvalue weighted by molar-refractivity contribution is -0.127. The summed E-state index contributed by atoms with van der Waals surface area (Å²) in [4.78, 5) is 27.2. The third kappa shape index (κ3) is 4.68. The summed E-state index contributed by atoms with van der Waals surface area (Å²) in [5.41, 5.74) is 2.57. The molecule has 0 spiro atoms. The monoisotopic (exact) mass is 377 g/mol. The molecule has 3 rings (SSSR count). The second kappa shape index (κ2) is 8.84. The maximum Gasteiger partial charge on any atom is 0.272 e. The third-order valence-electron chi connectivity index (χ3n) is 5.83. The minimum absolute atomic E-state index is 0.0186. The number of aromatic nitrogens is 2. The van der Waals surface area contributed by atoms with Crippen LogP contribution in [0.25, 0.3) is 0 Å². The first-order valence-corrected chi connectivity index (χ1v) is 9.98. The number of aromatic amines is 1. The molecule has 2 heterocycles. The molecule has 8 heteroatoms. The van der Waals surface area contributed by atoms with E-state index in [1.165, 1.54) is 0 Å². The molecule has 0 saturated heterocycles. The molecule has 150 valence electrons. The van der Waals surface area contributed by atoms with Crippen LogP contribution < -0.4 is 10.6 Å². The lowest BCUT2D eigenvalue weighted by atomic mass is 9.85. The van der Waals surface area contributed by atoms with Crippen LogP contribution in [0.1, 0.15) is 60.8 Å². The van der Waals surface area contributed by atoms with Crippen molar-refractivity contribution in [2.24, 2.45) is 5.92 Å². The molecule has 1 aliphatic heterocycles. The first-order valence-electron chi connectivity index (χ1n) is 9.98. The number of fused-ring (bicyclic) bond motifs is 1. The standard InChI is InChI=1S/C19H31N5O3/c1-3-13(11-25)20-18(26)12-4-6-14(7-5-12)21-19(27)17-15-10-24(2)9-8-16(15)22-23-17/h12-14,25H,3-11H2,1-2H3,(H,20,26)(H,21,27)(H,22,23)/t12?,13-,14?/m0/s1. The number of aliphatic hydroxyl groups excluding tert-OH is 1. The van der Waals surface area contributed by atoms with Crippen LogP contribution >= 0.6 is 0 Å². The van der Waals surface area contributed by atoms with E-state index < -0.39 is 0 Å². The fourth-order valence-electron chi connectivity index (χ4n) is 3.97. The quantitative estimate of drug-likeness (QED) is 0.579. The van der Waals surface area contributed by atoms with Crippen LogP contribution in [-0.2, 0) is 17.8 Å². The van der Waals surface area contributed by atoms with E-state index in [0.29, 0.717) is 5.69 Å². The molecular formula is C19H31N5O3. The van der Waals surface area contributed by atoms with Gasteiger partial charge in [0.05, 0.1) is 12.6 Å². The highest BCUT2D eigenvalue weighted by Gasteiger charge is 2.30. The lowest BCUT2D eigenvalue weighted by Crippen LogP contribution is -2.44. The van der Waals surface area contributed by atoms with Crippen molar-refractivity contribution in [1.29, 1.82) is 0 Å². The van der Waals surface area contributed by atoms with Crippen LogP contribution in [-0.4, -0.2) is 64.3 Å². The Morgan fingerprint density at radius 1 is 1.33 bits per heavy atom. The van der Waals surface area contributed by atoms with Crippen molar-refractivity contribution >= 4 is 11.8 Å².